The topological polar surface area (TPSA) is 51.1 Å². The number of aliphatic imine (C=N–C) groups is 1. The number of hydrogen-bond donors (Lipinski definition) is 0. The molecular weight excluding hydrogens is 388 g/mol. The summed E-state index contributed by atoms with van der Waals surface area (Å²) >= 11 is 0. The van der Waals surface area contributed by atoms with E-state index in [2.05, 4.69) is 46.8 Å². The first kappa shape index (κ1) is 22.9. The maximum atomic E-state index is 13.3. The molecule has 0 radical (unpaired) electrons. The van der Waals surface area contributed by atoms with Gasteiger partial charge in [0.2, 0.25) is 0 Å². The number of methoxy groups -OCH3 is 1. The van der Waals surface area contributed by atoms with Crippen molar-refractivity contribution in [1.82, 2.24) is 4.90 Å². The van der Waals surface area contributed by atoms with Crippen LogP contribution in [0.25, 0.3) is 0 Å². The molecular formula is C26H34N2O3. The molecule has 1 aliphatic rings. The van der Waals surface area contributed by atoms with Crippen LogP contribution in [0.2, 0.25) is 0 Å². The van der Waals surface area contributed by atoms with Crippen LogP contribution in [-0.4, -0.2) is 36.2 Å². The zero-order valence-electron chi connectivity index (χ0n) is 19.4. The predicted octanol–water partition coefficient (Wildman–Crippen LogP) is 5.86. The molecule has 5 heteroatoms. The Balaban J connectivity index is 1.93. The summed E-state index contributed by atoms with van der Waals surface area (Å²) in [6.45, 7) is 10.7. The van der Waals surface area contributed by atoms with Crippen molar-refractivity contribution in [2.45, 2.75) is 59.4 Å². The van der Waals surface area contributed by atoms with Gasteiger partial charge in [0.25, 0.3) is 0 Å². The minimum absolute atomic E-state index is 0.0738. The van der Waals surface area contributed by atoms with Gasteiger partial charge in [-0.25, -0.2) is 9.79 Å². The molecule has 1 amide bonds. The molecule has 2 aromatic rings. The van der Waals surface area contributed by atoms with Crippen LogP contribution in [0.15, 0.2) is 65.7 Å². The highest BCUT2D eigenvalue weighted by Gasteiger charge is 2.47. The van der Waals surface area contributed by atoms with Crippen molar-refractivity contribution < 1.29 is 14.3 Å². The van der Waals surface area contributed by atoms with Crippen LogP contribution >= 0.6 is 0 Å². The van der Waals surface area contributed by atoms with Crippen LogP contribution in [0.5, 0.6) is 0 Å². The maximum absolute atomic E-state index is 13.3. The van der Waals surface area contributed by atoms with E-state index >= 15 is 0 Å². The van der Waals surface area contributed by atoms with Crippen molar-refractivity contribution in [2.24, 2.45) is 16.3 Å². The van der Waals surface area contributed by atoms with Gasteiger partial charge < -0.3 is 9.47 Å². The van der Waals surface area contributed by atoms with Gasteiger partial charge in [-0.2, -0.15) is 0 Å². The lowest BCUT2D eigenvalue weighted by Gasteiger charge is -2.47. The van der Waals surface area contributed by atoms with Crippen LogP contribution in [0.4, 0.5) is 4.79 Å². The predicted molar refractivity (Wildman–Crippen MR) is 124 cm³/mol. The molecule has 1 heterocycles. The molecule has 0 aromatic heterocycles. The van der Waals surface area contributed by atoms with Crippen LogP contribution < -0.4 is 0 Å². The van der Waals surface area contributed by atoms with E-state index in [0.29, 0.717) is 5.90 Å². The number of rotatable bonds is 4. The van der Waals surface area contributed by atoms with E-state index in [9.17, 15) is 4.79 Å². The van der Waals surface area contributed by atoms with Crippen molar-refractivity contribution in [2.75, 3.05) is 7.11 Å². The molecule has 3 rings (SSSR count). The lowest BCUT2D eigenvalue weighted by molar-refractivity contribution is 0.0144. The van der Waals surface area contributed by atoms with E-state index in [1.54, 1.807) is 12.0 Å². The Morgan fingerprint density at radius 1 is 1.06 bits per heavy atom. The second-order valence-corrected chi connectivity index (χ2v) is 9.32. The average Bonchev–Trinajstić information content (AvgIpc) is 2.77. The Kier molecular flexibility index (Phi) is 7.04. The molecule has 0 bridgehead atoms. The third kappa shape index (κ3) is 5.09. The van der Waals surface area contributed by atoms with Gasteiger partial charge in [0.05, 0.1) is 13.0 Å². The molecule has 0 saturated carbocycles. The lowest BCUT2D eigenvalue weighted by atomic mass is 9.79. The van der Waals surface area contributed by atoms with E-state index in [0.717, 1.165) is 5.56 Å². The largest absolute Gasteiger partial charge is 0.484 e. The van der Waals surface area contributed by atoms with Crippen molar-refractivity contribution >= 4 is 12.0 Å². The highest BCUT2D eigenvalue weighted by atomic mass is 16.6. The van der Waals surface area contributed by atoms with Crippen molar-refractivity contribution in [3.63, 3.8) is 0 Å². The number of ether oxygens (including phenoxy) is 2. The molecule has 0 N–H and O–H groups in total. The van der Waals surface area contributed by atoms with E-state index in [1.807, 2.05) is 48.5 Å². The summed E-state index contributed by atoms with van der Waals surface area (Å²) < 4.78 is 11.5. The average molecular weight is 423 g/mol. The first-order chi connectivity index (χ1) is 14.7. The summed E-state index contributed by atoms with van der Waals surface area (Å²) in [6, 6.07) is 19.9. The fourth-order valence-corrected chi connectivity index (χ4v) is 4.33. The Morgan fingerprint density at radius 2 is 1.65 bits per heavy atom. The molecule has 5 nitrogen and oxygen atoms in total. The third-order valence-electron chi connectivity index (χ3n) is 6.02. The van der Waals surface area contributed by atoms with Gasteiger partial charge in [0.1, 0.15) is 12.8 Å². The molecule has 0 spiro atoms. The smallest absolute Gasteiger partial charge is 0.412 e. The van der Waals surface area contributed by atoms with Gasteiger partial charge in [-0.3, -0.25) is 4.90 Å². The number of hydrogen-bond acceptors (Lipinski definition) is 4. The molecule has 0 aliphatic carbocycles. The minimum atomic E-state index is -0.375. The van der Waals surface area contributed by atoms with Crippen LogP contribution in [-0.2, 0) is 16.1 Å². The third-order valence-corrected chi connectivity index (χ3v) is 6.02. The zero-order chi connectivity index (χ0) is 22.6. The summed E-state index contributed by atoms with van der Waals surface area (Å²) in [6.07, 6.45) is -0.722. The normalized spacial score (nSPS) is 22.5. The van der Waals surface area contributed by atoms with Gasteiger partial charge in [-0.05, 0) is 24.0 Å². The van der Waals surface area contributed by atoms with Crippen LogP contribution in [0, 0.1) is 11.3 Å². The van der Waals surface area contributed by atoms with E-state index < -0.39 is 0 Å². The maximum Gasteiger partial charge on any atom is 0.412 e. The second kappa shape index (κ2) is 9.54. The zero-order valence-corrected chi connectivity index (χ0v) is 19.4. The lowest BCUT2D eigenvalue weighted by Crippen LogP contribution is -2.59. The molecule has 31 heavy (non-hydrogen) atoms. The number of nitrogens with zero attached hydrogens (tertiary/aromatic N) is 2. The van der Waals surface area contributed by atoms with Crippen molar-refractivity contribution in [1.29, 1.82) is 0 Å². The Morgan fingerprint density at radius 3 is 2.19 bits per heavy atom. The SMILES string of the molecule is COC1=N[C@@H](C(C)(C)C)N(C(=O)OCc2ccccc2)[C@@H](C)[C@@H]1[C@@H](C)c1ccccc1. The van der Waals surface area contributed by atoms with E-state index in [4.69, 9.17) is 14.5 Å². The Bertz CT molecular complexity index is 890. The van der Waals surface area contributed by atoms with Gasteiger partial charge >= 0.3 is 6.09 Å². The van der Waals surface area contributed by atoms with Gasteiger partial charge in [-0.15, -0.1) is 0 Å². The van der Waals surface area contributed by atoms with Gasteiger partial charge in [0, 0.05) is 11.5 Å². The quantitative estimate of drug-likeness (QED) is 0.620. The summed E-state index contributed by atoms with van der Waals surface area (Å²) in [5, 5.41) is 0. The Hall–Kier alpha value is -2.82. The number of benzene rings is 2. The summed E-state index contributed by atoms with van der Waals surface area (Å²) in [7, 11) is 1.67. The Labute approximate surface area is 186 Å². The molecule has 0 fully saturated rings. The van der Waals surface area contributed by atoms with E-state index in [1.165, 1.54) is 5.56 Å². The molecule has 0 saturated heterocycles. The molecule has 1 aliphatic heterocycles. The van der Waals surface area contributed by atoms with Crippen LogP contribution in [0.3, 0.4) is 0 Å². The summed E-state index contributed by atoms with van der Waals surface area (Å²) in [4.78, 5) is 20.1. The second-order valence-electron chi connectivity index (χ2n) is 9.32. The van der Waals surface area contributed by atoms with Crippen molar-refractivity contribution in [3.8, 4) is 0 Å². The number of carbonyl (C=O) groups excluding carboxylic acids is 1. The molecule has 2 aromatic carbocycles. The summed E-state index contributed by atoms with van der Waals surface area (Å²) in [5.74, 6) is 0.742. The first-order valence-electron chi connectivity index (χ1n) is 10.9. The first-order valence-corrected chi connectivity index (χ1v) is 10.9. The standard InChI is InChI=1S/C26H34N2O3/c1-18(21-15-11-8-12-16-21)22-19(2)28(24(26(3,4)5)27-23(22)30-6)25(29)31-17-20-13-9-7-10-14-20/h7-16,18-19,22,24H,17H2,1-6H3/t18-,19-,22-,24+/m0/s1. The molecule has 4 atom stereocenters. The van der Waals surface area contributed by atoms with Crippen LogP contribution in [0.1, 0.15) is 51.7 Å². The van der Waals surface area contributed by atoms with E-state index in [-0.39, 0.29) is 42.2 Å². The number of carbonyl (C=O) groups is 1. The summed E-state index contributed by atoms with van der Waals surface area (Å²) in [5.41, 5.74) is 1.88. The molecule has 166 valence electrons. The van der Waals surface area contributed by atoms with Gasteiger partial charge in [-0.1, -0.05) is 88.4 Å². The molecule has 0 unspecified atom stereocenters. The van der Waals surface area contributed by atoms with Crippen molar-refractivity contribution in [3.05, 3.63) is 71.8 Å². The highest BCUT2D eigenvalue weighted by Crippen LogP contribution is 2.39. The van der Waals surface area contributed by atoms with Gasteiger partial charge in [0.15, 0.2) is 5.90 Å². The monoisotopic (exact) mass is 422 g/mol. The highest BCUT2D eigenvalue weighted by molar-refractivity contribution is 5.83. The minimum Gasteiger partial charge on any atom is -0.484 e. The fraction of sp³-hybridized carbons (Fsp3) is 0.462. The fourth-order valence-electron chi connectivity index (χ4n) is 4.33. The number of amides is 1.